The molecule has 180 valence electrons. The van der Waals surface area contributed by atoms with Gasteiger partial charge in [-0.1, -0.05) is 73.9 Å². The van der Waals surface area contributed by atoms with Crippen molar-refractivity contribution in [1.29, 1.82) is 0 Å². The first kappa shape index (κ1) is 23.4. The highest BCUT2D eigenvalue weighted by Gasteiger charge is 2.34. The molecule has 1 aliphatic carbocycles. The molecule has 2 amide bonds. The van der Waals surface area contributed by atoms with E-state index in [1.165, 1.54) is 17.8 Å². The largest absolute Gasteiger partial charge is 0.361 e. The zero-order valence-electron chi connectivity index (χ0n) is 19.8. The first-order chi connectivity index (χ1) is 17.2. The minimum atomic E-state index is -0.658. The topological polar surface area (TPSA) is 65.2 Å². The van der Waals surface area contributed by atoms with E-state index in [-0.39, 0.29) is 24.3 Å². The third-order valence-electron chi connectivity index (χ3n) is 6.86. The van der Waals surface area contributed by atoms with E-state index in [0.717, 1.165) is 52.6 Å². The highest BCUT2D eigenvalue weighted by molar-refractivity contribution is 7.10. The van der Waals surface area contributed by atoms with Crippen molar-refractivity contribution < 1.29 is 9.59 Å². The Morgan fingerprint density at radius 2 is 1.74 bits per heavy atom. The van der Waals surface area contributed by atoms with Gasteiger partial charge in [-0.3, -0.25) is 9.59 Å². The lowest BCUT2D eigenvalue weighted by molar-refractivity contribution is -0.141. The predicted molar refractivity (Wildman–Crippen MR) is 141 cm³/mol. The maximum absolute atomic E-state index is 13.9. The molecule has 0 aliphatic heterocycles. The second kappa shape index (κ2) is 10.9. The first-order valence-corrected chi connectivity index (χ1v) is 13.3. The van der Waals surface area contributed by atoms with Crippen LogP contribution in [0.2, 0.25) is 0 Å². The Bertz CT molecular complexity index is 1260. The molecule has 0 spiro atoms. The number of aromatic amines is 1. The number of carbonyl (C=O) groups is 2. The number of nitrogens with one attached hydrogen (secondary N) is 2. The van der Waals surface area contributed by atoms with Crippen LogP contribution in [0, 0.1) is 0 Å². The fourth-order valence-corrected chi connectivity index (χ4v) is 5.88. The van der Waals surface area contributed by atoms with Crippen LogP contribution in [0.15, 0.2) is 78.3 Å². The van der Waals surface area contributed by atoms with E-state index < -0.39 is 6.04 Å². The molecule has 1 atom stereocenters. The molecular weight excluding hydrogens is 454 g/mol. The van der Waals surface area contributed by atoms with Gasteiger partial charge in [0.2, 0.25) is 11.8 Å². The molecule has 2 aromatic carbocycles. The summed E-state index contributed by atoms with van der Waals surface area (Å²) in [4.78, 5) is 33.6. The second-order valence-corrected chi connectivity index (χ2v) is 10.3. The Morgan fingerprint density at radius 1 is 0.971 bits per heavy atom. The van der Waals surface area contributed by atoms with Gasteiger partial charge in [0, 0.05) is 34.6 Å². The molecule has 5 nitrogen and oxygen atoms in total. The van der Waals surface area contributed by atoms with Crippen LogP contribution in [0.4, 0.5) is 0 Å². The third-order valence-corrected chi connectivity index (χ3v) is 7.78. The van der Waals surface area contributed by atoms with Crippen molar-refractivity contribution in [2.75, 3.05) is 0 Å². The van der Waals surface area contributed by atoms with Crippen LogP contribution in [-0.2, 0) is 22.6 Å². The van der Waals surface area contributed by atoms with Crippen LogP contribution < -0.4 is 5.32 Å². The van der Waals surface area contributed by atoms with Crippen LogP contribution >= 0.6 is 11.3 Å². The number of aromatic nitrogens is 1. The van der Waals surface area contributed by atoms with Gasteiger partial charge in [-0.2, -0.15) is 0 Å². The maximum Gasteiger partial charge on any atom is 0.248 e. The molecule has 35 heavy (non-hydrogen) atoms. The number of H-pyrrole nitrogens is 1. The third kappa shape index (κ3) is 5.49. The van der Waals surface area contributed by atoms with Gasteiger partial charge in [-0.05, 0) is 41.5 Å². The van der Waals surface area contributed by atoms with Gasteiger partial charge in [0.1, 0.15) is 6.04 Å². The van der Waals surface area contributed by atoms with Crippen molar-refractivity contribution in [3.05, 3.63) is 94.3 Å². The number of thiophene rings is 1. The minimum Gasteiger partial charge on any atom is -0.361 e. The van der Waals surface area contributed by atoms with Gasteiger partial charge >= 0.3 is 0 Å². The summed E-state index contributed by atoms with van der Waals surface area (Å²) in [5, 5.41) is 6.30. The van der Waals surface area contributed by atoms with E-state index in [2.05, 4.69) is 10.3 Å². The van der Waals surface area contributed by atoms with Crippen molar-refractivity contribution in [1.82, 2.24) is 15.2 Å². The number of hydrogen-bond donors (Lipinski definition) is 2. The number of nitrogens with zero attached hydrogens (tertiary/aromatic N) is 1. The van der Waals surface area contributed by atoms with E-state index >= 15 is 0 Å². The molecule has 1 fully saturated rings. The summed E-state index contributed by atoms with van der Waals surface area (Å²) >= 11 is 1.53. The highest BCUT2D eigenvalue weighted by Crippen LogP contribution is 2.30. The molecule has 1 aliphatic rings. The van der Waals surface area contributed by atoms with Gasteiger partial charge in [0.05, 0.1) is 6.42 Å². The molecule has 0 radical (unpaired) electrons. The molecule has 5 rings (SSSR count). The lowest BCUT2D eigenvalue weighted by Gasteiger charge is -2.33. The number of para-hydroxylation sites is 1. The second-order valence-electron chi connectivity index (χ2n) is 9.30. The lowest BCUT2D eigenvalue weighted by Crippen LogP contribution is -2.47. The zero-order valence-corrected chi connectivity index (χ0v) is 20.6. The molecule has 0 unspecified atom stereocenters. The van der Waals surface area contributed by atoms with E-state index in [4.69, 9.17) is 0 Å². The number of fused-ring (bicyclic) bond motifs is 1. The van der Waals surface area contributed by atoms with Gasteiger partial charge in [0.15, 0.2) is 0 Å². The number of amides is 2. The van der Waals surface area contributed by atoms with Crippen LogP contribution in [0.5, 0.6) is 0 Å². The smallest absolute Gasteiger partial charge is 0.248 e. The summed E-state index contributed by atoms with van der Waals surface area (Å²) in [7, 11) is 0. The van der Waals surface area contributed by atoms with Crippen LogP contribution in [-0.4, -0.2) is 27.7 Å². The van der Waals surface area contributed by atoms with Crippen LogP contribution in [0.25, 0.3) is 10.9 Å². The van der Waals surface area contributed by atoms with Gasteiger partial charge in [-0.25, -0.2) is 0 Å². The SMILES string of the molecule is O=C(NC1CCCCC1)[C@@H](c1cccs1)N(Cc1ccccc1)C(=O)Cc1c[nH]c2ccccc12. The summed E-state index contributed by atoms with van der Waals surface area (Å²) < 4.78 is 0. The summed E-state index contributed by atoms with van der Waals surface area (Å²) in [5.74, 6) is -0.140. The molecule has 2 N–H and O–H groups in total. The average Bonchev–Trinajstić information content (AvgIpc) is 3.56. The van der Waals surface area contributed by atoms with Crippen molar-refractivity contribution in [3.63, 3.8) is 0 Å². The van der Waals surface area contributed by atoms with E-state index in [1.54, 1.807) is 4.90 Å². The van der Waals surface area contributed by atoms with Crippen molar-refractivity contribution in [2.45, 2.75) is 57.2 Å². The van der Waals surface area contributed by atoms with Gasteiger partial charge in [0.25, 0.3) is 0 Å². The Morgan fingerprint density at radius 3 is 2.51 bits per heavy atom. The standard InChI is InChI=1S/C29H31N3O2S/c33-27(18-22-19-30-25-15-8-7-14-24(22)25)32(20-21-10-3-1-4-11-21)28(26-16-9-17-35-26)29(34)31-23-12-5-2-6-13-23/h1,3-4,7-11,14-17,19,23,28,30H,2,5-6,12-13,18,20H2,(H,31,34)/t28-/m1/s1. The molecule has 1 saturated carbocycles. The lowest BCUT2D eigenvalue weighted by atomic mass is 9.95. The molecule has 0 bridgehead atoms. The molecule has 6 heteroatoms. The fourth-order valence-electron chi connectivity index (χ4n) is 5.04. The van der Waals surface area contributed by atoms with E-state index in [1.807, 2.05) is 78.3 Å². The molecule has 0 saturated heterocycles. The Balaban J connectivity index is 1.47. The summed E-state index contributed by atoms with van der Waals surface area (Å²) in [6.07, 6.45) is 7.66. The fraction of sp³-hybridized carbons (Fsp3) is 0.310. The quantitative estimate of drug-likeness (QED) is 0.322. The molecule has 2 aromatic heterocycles. The minimum absolute atomic E-state index is 0.0594. The highest BCUT2D eigenvalue weighted by atomic mass is 32.1. The number of carbonyl (C=O) groups excluding carboxylic acids is 2. The molecular formula is C29H31N3O2S. The van der Waals surface area contributed by atoms with Crippen LogP contribution in [0.3, 0.4) is 0 Å². The van der Waals surface area contributed by atoms with Gasteiger partial charge in [-0.15, -0.1) is 11.3 Å². The average molecular weight is 486 g/mol. The normalized spacial score (nSPS) is 15.1. The molecule has 2 heterocycles. The Labute approximate surface area is 210 Å². The predicted octanol–water partition coefficient (Wildman–Crippen LogP) is 5.99. The zero-order chi connectivity index (χ0) is 24.0. The summed E-state index contributed by atoms with van der Waals surface area (Å²) in [6.45, 7) is 0.378. The number of hydrogen-bond acceptors (Lipinski definition) is 3. The summed E-state index contributed by atoms with van der Waals surface area (Å²) in [5.41, 5.74) is 2.96. The summed E-state index contributed by atoms with van der Waals surface area (Å²) in [6, 6.07) is 21.4. The first-order valence-electron chi connectivity index (χ1n) is 12.4. The monoisotopic (exact) mass is 485 g/mol. The van der Waals surface area contributed by atoms with Crippen molar-refractivity contribution in [2.24, 2.45) is 0 Å². The van der Waals surface area contributed by atoms with Crippen molar-refractivity contribution >= 4 is 34.1 Å². The van der Waals surface area contributed by atoms with Crippen LogP contribution in [0.1, 0.15) is 54.1 Å². The Hall–Kier alpha value is -3.38. The van der Waals surface area contributed by atoms with Crippen molar-refractivity contribution in [3.8, 4) is 0 Å². The Kier molecular flexibility index (Phi) is 7.28. The number of benzene rings is 2. The van der Waals surface area contributed by atoms with E-state index in [9.17, 15) is 9.59 Å². The van der Waals surface area contributed by atoms with Gasteiger partial charge < -0.3 is 15.2 Å². The van der Waals surface area contributed by atoms with E-state index in [0.29, 0.717) is 6.54 Å². The molecule has 4 aromatic rings. The number of rotatable bonds is 8. The maximum atomic E-state index is 13.9.